The molecule has 1 saturated heterocycles. The Morgan fingerprint density at radius 2 is 1.95 bits per heavy atom. The molecule has 0 atom stereocenters. The van der Waals surface area contributed by atoms with Crippen molar-refractivity contribution >= 4 is 17.2 Å². The van der Waals surface area contributed by atoms with Crippen molar-refractivity contribution in [2.24, 2.45) is 0 Å². The molecule has 1 N–H and O–H groups in total. The lowest BCUT2D eigenvalue weighted by molar-refractivity contribution is 0.0179. The van der Waals surface area contributed by atoms with Crippen molar-refractivity contribution in [3.63, 3.8) is 0 Å². The van der Waals surface area contributed by atoms with Crippen LogP contribution in [0.4, 0.5) is 0 Å². The van der Waals surface area contributed by atoms with Crippen LogP contribution in [0.2, 0.25) is 0 Å². The lowest BCUT2D eigenvalue weighted by Crippen LogP contribution is -2.51. The average molecular weight is 296 g/mol. The van der Waals surface area contributed by atoms with E-state index >= 15 is 0 Å². The molecule has 0 radical (unpaired) electrons. The number of nitrogens with zero attached hydrogens (tertiary/aromatic N) is 2. The normalized spacial score (nSPS) is 17.5. The van der Waals surface area contributed by atoms with E-state index in [2.05, 4.69) is 11.8 Å². The van der Waals surface area contributed by atoms with Crippen molar-refractivity contribution in [1.82, 2.24) is 9.80 Å². The maximum atomic E-state index is 12.4. The molecule has 2 heterocycles. The van der Waals surface area contributed by atoms with Gasteiger partial charge in [0.15, 0.2) is 0 Å². The van der Waals surface area contributed by atoms with Gasteiger partial charge in [-0.05, 0) is 32.4 Å². The molecule has 0 aromatic carbocycles. The Kier molecular flexibility index (Phi) is 4.83. The number of β-amino-alcohol motifs (C(OH)–C–C–N with tert-alkyl or cyclic N) is 1. The molecule has 0 saturated carbocycles. The second-order valence-electron chi connectivity index (χ2n) is 6.00. The summed E-state index contributed by atoms with van der Waals surface area (Å²) >= 11 is 1.60. The number of rotatable bonds is 4. The maximum Gasteiger partial charge on any atom is 0.264 e. The van der Waals surface area contributed by atoms with E-state index in [1.165, 1.54) is 4.88 Å². The molecule has 4 nitrogen and oxygen atoms in total. The molecule has 1 aromatic heterocycles. The Bertz CT molecular complexity index is 457. The Balaban J connectivity index is 1.88. The van der Waals surface area contributed by atoms with Gasteiger partial charge in [-0.25, -0.2) is 0 Å². The van der Waals surface area contributed by atoms with Crippen LogP contribution >= 0.6 is 11.3 Å². The highest BCUT2D eigenvalue weighted by atomic mass is 32.1. The Hall–Kier alpha value is -0.910. The van der Waals surface area contributed by atoms with E-state index in [0.717, 1.165) is 37.5 Å². The predicted molar refractivity (Wildman–Crippen MR) is 82.3 cm³/mol. The zero-order valence-corrected chi connectivity index (χ0v) is 13.4. The molecule has 0 bridgehead atoms. The van der Waals surface area contributed by atoms with Crippen LogP contribution in [0.25, 0.3) is 0 Å². The van der Waals surface area contributed by atoms with Gasteiger partial charge in [-0.15, -0.1) is 11.3 Å². The number of carbonyl (C=O) groups excluding carboxylic acids is 1. The fraction of sp³-hybridized carbons (Fsp3) is 0.667. The van der Waals surface area contributed by atoms with Crippen LogP contribution in [-0.2, 0) is 6.42 Å². The van der Waals surface area contributed by atoms with E-state index in [9.17, 15) is 9.90 Å². The zero-order chi connectivity index (χ0) is 14.8. The summed E-state index contributed by atoms with van der Waals surface area (Å²) in [6.07, 6.45) is 0.983. The quantitative estimate of drug-likeness (QED) is 0.922. The predicted octanol–water partition coefficient (Wildman–Crippen LogP) is 1.84. The third kappa shape index (κ3) is 4.04. The molecule has 1 amide bonds. The van der Waals surface area contributed by atoms with Gasteiger partial charge in [0.1, 0.15) is 0 Å². The molecule has 1 fully saturated rings. The molecule has 0 aliphatic carbocycles. The summed E-state index contributed by atoms with van der Waals surface area (Å²) in [6.45, 7) is 9.57. The van der Waals surface area contributed by atoms with Gasteiger partial charge in [-0.2, -0.15) is 0 Å². The first kappa shape index (κ1) is 15.5. The summed E-state index contributed by atoms with van der Waals surface area (Å²) in [6, 6.07) is 3.98. The number of aryl methyl sites for hydroxylation is 1. The largest absolute Gasteiger partial charge is 0.389 e. The van der Waals surface area contributed by atoms with Crippen molar-refractivity contribution in [2.75, 3.05) is 32.7 Å². The molecule has 1 aliphatic rings. The van der Waals surface area contributed by atoms with Crippen LogP contribution in [0.3, 0.4) is 0 Å². The zero-order valence-electron chi connectivity index (χ0n) is 12.6. The van der Waals surface area contributed by atoms with Gasteiger partial charge in [0.05, 0.1) is 10.5 Å². The van der Waals surface area contributed by atoms with Crippen LogP contribution in [0.5, 0.6) is 0 Å². The summed E-state index contributed by atoms with van der Waals surface area (Å²) in [7, 11) is 0. The molecule has 1 aromatic rings. The second kappa shape index (κ2) is 6.24. The van der Waals surface area contributed by atoms with Gasteiger partial charge in [0.2, 0.25) is 0 Å². The van der Waals surface area contributed by atoms with Gasteiger partial charge in [0, 0.05) is 37.6 Å². The van der Waals surface area contributed by atoms with Crippen LogP contribution in [0.15, 0.2) is 12.1 Å². The minimum absolute atomic E-state index is 0.151. The number of carbonyl (C=O) groups is 1. The van der Waals surface area contributed by atoms with Crippen LogP contribution in [0.1, 0.15) is 35.3 Å². The fourth-order valence-corrected chi connectivity index (χ4v) is 3.41. The summed E-state index contributed by atoms with van der Waals surface area (Å²) in [4.78, 5) is 18.6. The molecule has 20 heavy (non-hydrogen) atoms. The summed E-state index contributed by atoms with van der Waals surface area (Å²) < 4.78 is 0. The summed E-state index contributed by atoms with van der Waals surface area (Å²) in [5.41, 5.74) is -0.671. The van der Waals surface area contributed by atoms with Crippen LogP contribution in [0, 0.1) is 0 Å². The molecule has 112 valence electrons. The fourth-order valence-electron chi connectivity index (χ4n) is 2.49. The lowest BCUT2D eigenvalue weighted by Gasteiger charge is -2.37. The van der Waals surface area contributed by atoms with E-state index in [0.29, 0.717) is 6.54 Å². The monoisotopic (exact) mass is 296 g/mol. The van der Waals surface area contributed by atoms with Gasteiger partial charge in [0.25, 0.3) is 5.91 Å². The highest BCUT2D eigenvalue weighted by Crippen LogP contribution is 2.20. The van der Waals surface area contributed by atoms with Gasteiger partial charge in [-0.1, -0.05) is 6.92 Å². The number of thiophene rings is 1. The van der Waals surface area contributed by atoms with Crippen molar-refractivity contribution in [2.45, 2.75) is 32.8 Å². The number of hydrogen-bond acceptors (Lipinski definition) is 4. The first-order chi connectivity index (χ1) is 9.39. The van der Waals surface area contributed by atoms with Gasteiger partial charge in [-0.3, -0.25) is 9.69 Å². The van der Waals surface area contributed by atoms with E-state index in [4.69, 9.17) is 0 Å². The van der Waals surface area contributed by atoms with Crippen molar-refractivity contribution in [3.8, 4) is 0 Å². The number of aliphatic hydroxyl groups is 1. The van der Waals surface area contributed by atoms with Gasteiger partial charge < -0.3 is 10.0 Å². The molecule has 2 rings (SSSR count). The van der Waals surface area contributed by atoms with E-state index in [-0.39, 0.29) is 5.91 Å². The van der Waals surface area contributed by atoms with E-state index in [1.54, 1.807) is 11.3 Å². The summed E-state index contributed by atoms with van der Waals surface area (Å²) in [5, 5.41) is 9.83. The van der Waals surface area contributed by atoms with Crippen molar-refractivity contribution in [1.29, 1.82) is 0 Å². The molecule has 1 aliphatic heterocycles. The number of piperazine rings is 1. The Morgan fingerprint density at radius 1 is 1.30 bits per heavy atom. The Morgan fingerprint density at radius 3 is 2.45 bits per heavy atom. The highest BCUT2D eigenvalue weighted by Gasteiger charge is 2.26. The molecular formula is C15H24N2O2S. The minimum atomic E-state index is -0.671. The smallest absolute Gasteiger partial charge is 0.264 e. The molecular weight excluding hydrogens is 272 g/mol. The van der Waals surface area contributed by atoms with Crippen LogP contribution < -0.4 is 0 Å². The number of hydrogen-bond donors (Lipinski definition) is 1. The third-order valence-corrected chi connectivity index (χ3v) is 4.71. The molecule has 5 heteroatoms. The first-order valence-electron chi connectivity index (χ1n) is 7.22. The second-order valence-corrected chi connectivity index (χ2v) is 7.17. The molecule has 0 unspecified atom stereocenters. The standard InChI is InChI=1S/C15H24N2O2S/c1-4-12-5-6-13(20-12)14(18)17-9-7-16(8-10-17)11-15(2,3)19/h5-6,19H,4,7-11H2,1-3H3. The van der Waals surface area contributed by atoms with Crippen LogP contribution in [-0.4, -0.2) is 59.1 Å². The van der Waals surface area contributed by atoms with Crippen molar-refractivity contribution < 1.29 is 9.90 Å². The first-order valence-corrected chi connectivity index (χ1v) is 8.03. The SMILES string of the molecule is CCc1ccc(C(=O)N2CCN(CC(C)(C)O)CC2)s1. The van der Waals surface area contributed by atoms with Crippen molar-refractivity contribution in [3.05, 3.63) is 21.9 Å². The van der Waals surface area contributed by atoms with E-state index < -0.39 is 5.60 Å². The maximum absolute atomic E-state index is 12.4. The minimum Gasteiger partial charge on any atom is -0.389 e. The number of amides is 1. The highest BCUT2D eigenvalue weighted by molar-refractivity contribution is 7.14. The average Bonchev–Trinajstić information content (AvgIpc) is 2.85. The lowest BCUT2D eigenvalue weighted by atomic mass is 10.1. The van der Waals surface area contributed by atoms with Gasteiger partial charge >= 0.3 is 0 Å². The molecule has 0 spiro atoms. The van der Waals surface area contributed by atoms with E-state index in [1.807, 2.05) is 30.9 Å². The topological polar surface area (TPSA) is 43.8 Å². The summed E-state index contributed by atoms with van der Waals surface area (Å²) in [5.74, 6) is 0.151. The third-order valence-electron chi connectivity index (χ3n) is 3.49. The Labute approximate surface area is 125 Å².